The predicted molar refractivity (Wildman–Crippen MR) is 74.0 cm³/mol. The second kappa shape index (κ2) is 5.93. The lowest BCUT2D eigenvalue weighted by Crippen LogP contribution is -2.26. The monoisotopic (exact) mass is 278 g/mol. The molecule has 1 aromatic heterocycles. The zero-order valence-corrected chi connectivity index (χ0v) is 11.7. The van der Waals surface area contributed by atoms with Crippen molar-refractivity contribution in [3.05, 3.63) is 51.2 Å². The van der Waals surface area contributed by atoms with Crippen LogP contribution in [0.1, 0.15) is 25.9 Å². The third-order valence-corrected chi connectivity index (χ3v) is 3.64. The van der Waals surface area contributed by atoms with Crippen molar-refractivity contribution in [3.8, 4) is 0 Å². The van der Waals surface area contributed by atoms with Crippen LogP contribution in [0.3, 0.4) is 0 Å². The van der Waals surface area contributed by atoms with E-state index in [-0.39, 0.29) is 11.7 Å². The van der Waals surface area contributed by atoms with Crippen molar-refractivity contribution in [2.75, 3.05) is 6.54 Å². The summed E-state index contributed by atoms with van der Waals surface area (Å²) in [6, 6.07) is 6.58. The molecule has 3 nitrogen and oxygen atoms in total. The summed E-state index contributed by atoms with van der Waals surface area (Å²) in [6.07, 6.45) is 0.473. The van der Waals surface area contributed by atoms with Gasteiger partial charge < -0.3 is 5.32 Å². The van der Waals surface area contributed by atoms with Crippen LogP contribution in [0.25, 0.3) is 0 Å². The molecule has 5 heteroatoms. The molecular weight excluding hydrogens is 263 g/mol. The summed E-state index contributed by atoms with van der Waals surface area (Å²) in [4.78, 5) is 17.0. The van der Waals surface area contributed by atoms with Gasteiger partial charge in [-0.25, -0.2) is 9.37 Å². The molecule has 2 aromatic rings. The molecule has 1 N–H and O–H groups in total. The SMILES string of the molecule is Cc1nc(C(=O)NCCc2ccccc2F)c(C)s1. The lowest BCUT2D eigenvalue weighted by Gasteiger charge is -2.05. The summed E-state index contributed by atoms with van der Waals surface area (Å²) < 4.78 is 13.4. The van der Waals surface area contributed by atoms with Crippen molar-refractivity contribution in [2.45, 2.75) is 20.3 Å². The second-order valence-corrected chi connectivity index (χ2v) is 5.64. The number of carbonyl (C=O) groups excluding carboxylic acids is 1. The molecule has 1 amide bonds. The number of carbonyl (C=O) groups is 1. The van der Waals surface area contributed by atoms with Gasteiger partial charge in [0, 0.05) is 11.4 Å². The van der Waals surface area contributed by atoms with Crippen LogP contribution >= 0.6 is 11.3 Å². The molecule has 0 spiro atoms. The standard InChI is InChI=1S/C14H15FN2OS/c1-9-13(17-10(2)19-9)14(18)16-8-7-11-5-3-4-6-12(11)15/h3-6H,7-8H2,1-2H3,(H,16,18). The Bertz CT molecular complexity index is 595. The highest BCUT2D eigenvalue weighted by atomic mass is 32.1. The summed E-state index contributed by atoms with van der Waals surface area (Å²) in [5.41, 5.74) is 1.07. The quantitative estimate of drug-likeness (QED) is 0.934. The summed E-state index contributed by atoms with van der Waals surface area (Å²) in [6.45, 7) is 4.14. The van der Waals surface area contributed by atoms with Gasteiger partial charge in [-0.05, 0) is 31.9 Å². The highest BCUT2D eigenvalue weighted by molar-refractivity contribution is 7.11. The Balaban J connectivity index is 1.91. The Hall–Kier alpha value is -1.75. The number of halogens is 1. The third-order valence-electron chi connectivity index (χ3n) is 2.76. The van der Waals surface area contributed by atoms with Gasteiger partial charge in [0.25, 0.3) is 5.91 Å². The van der Waals surface area contributed by atoms with E-state index in [2.05, 4.69) is 10.3 Å². The molecule has 0 saturated carbocycles. The second-order valence-electron chi connectivity index (χ2n) is 4.23. The largest absolute Gasteiger partial charge is 0.350 e. The van der Waals surface area contributed by atoms with Gasteiger partial charge in [0.2, 0.25) is 0 Å². The minimum absolute atomic E-state index is 0.196. The van der Waals surface area contributed by atoms with Gasteiger partial charge in [0.05, 0.1) is 5.01 Å². The molecule has 1 aromatic carbocycles. The first-order valence-corrected chi connectivity index (χ1v) is 6.85. The third kappa shape index (κ3) is 3.38. The maximum absolute atomic E-state index is 13.4. The fourth-order valence-electron chi connectivity index (χ4n) is 1.84. The maximum atomic E-state index is 13.4. The van der Waals surface area contributed by atoms with Crippen LogP contribution in [0.4, 0.5) is 4.39 Å². The van der Waals surface area contributed by atoms with Gasteiger partial charge >= 0.3 is 0 Å². The Morgan fingerprint density at radius 3 is 2.74 bits per heavy atom. The van der Waals surface area contributed by atoms with Crippen molar-refractivity contribution >= 4 is 17.2 Å². The van der Waals surface area contributed by atoms with Crippen molar-refractivity contribution in [1.29, 1.82) is 0 Å². The maximum Gasteiger partial charge on any atom is 0.271 e. The lowest BCUT2D eigenvalue weighted by molar-refractivity contribution is 0.0949. The first kappa shape index (κ1) is 13.7. The smallest absolute Gasteiger partial charge is 0.271 e. The average molecular weight is 278 g/mol. The van der Waals surface area contributed by atoms with Gasteiger partial charge in [-0.3, -0.25) is 4.79 Å². The molecule has 0 aliphatic rings. The fraction of sp³-hybridized carbons (Fsp3) is 0.286. The molecule has 0 radical (unpaired) electrons. The van der Waals surface area contributed by atoms with Crippen molar-refractivity contribution in [2.24, 2.45) is 0 Å². The number of benzene rings is 1. The van der Waals surface area contributed by atoms with Crippen molar-refractivity contribution < 1.29 is 9.18 Å². The molecule has 1 heterocycles. The van der Waals surface area contributed by atoms with E-state index in [9.17, 15) is 9.18 Å². The molecule has 2 rings (SSSR count). The molecule has 0 aliphatic carbocycles. The van der Waals surface area contributed by atoms with Gasteiger partial charge in [0.15, 0.2) is 0 Å². The average Bonchev–Trinajstić information content (AvgIpc) is 2.71. The number of aryl methyl sites for hydroxylation is 2. The summed E-state index contributed by atoms with van der Waals surface area (Å²) >= 11 is 1.50. The van der Waals surface area contributed by atoms with E-state index in [1.54, 1.807) is 18.2 Å². The number of nitrogens with one attached hydrogen (secondary N) is 1. The van der Waals surface area contributed by atoms with Crippen LogP contribution in [-0.4, -0.2) is 17.4 Å². The molecule has 0 atom stereocenters. The highest BCUT2D eigenvalue weighted by Crippen LogP contribution is 2.16. The van der Waals surface area contributed by atoms with Gasteiger partial charge in [-0.1, -0.05) is 18.2 Å². The van der Waals surface area contributed by atoms with E-state index < -0.39 is 0 Å². The normalized spacial score (nSPS) is 10.5. The van der Waals surface area contributed by atoms with E-state index in [1.807, 2.05) is 13.8 Å². The van der Waals surface area contributed by atoms with E-state index in [0.29, 0.717) is 24.2 Å². The Kier molecular flexibility index (Phi) is 4.27. The molecule has 0 bridgehead atoms. The van der Waals surface area contributed by atoms with Crippen molar-refractivity contribution in [1.82, 2.24) is 10.3 Å². The molecule has 0 unspecified atom stereocenters. The van der Waals surface area contributed by atoms with E-state index >= 15 is 0 Å². The van der Waals surface area contributed by atoms with E-state index in [1.165, 1.54) is 17.4 Å². The minimum atomic E-state index is -0.238. The minimum Gasteiger partial charge on any atom is -0.350 e. The van der Waals surface area contributed by atoms with Crippen LogP contribution in [0.5, 0.6) is 0 Å². The van der Waals surface area contributed by atoms with Crippen LogP contribution in [0.2, 0.25) is 0 Å². The number of amides is 1. The number of aromatic nitrogens is 1. The van der Waals surface area contributed by atoms with Crippen LogP contribution in [0.15, 0.2) is 24.3 Å². The van der Waals surface area contributed by atoms with E-state index in [4.69, 9.17) is 0 Å². The topological polar surface area (TPSA) is 42.0 Å². The summed E-state index contributed by atoms with van der Waals surface area (Å²) in [7, 11) is 0. The predicted octanol–water partition coefficient (Wildman–Crippen LogP) is 2.87. The van der Waals surface area contributed by atoms with Gasteiger partial charge in [0.1, 0.15) is 11.5 Å². The molecule has 0 aliphatic heterocycles. The Morgan fingerprint density at radius 2 is 2.11 bits per heavy atom. The number of hydrogen-bond acceptors (Lipinski definition) is 3. The van der Waals surface area contributed by atoms with Crippen LogP contribution in [0, 0.1) is 19.7 Å². The van der Waals surface area contributed by atoms with Crippen LogP contribution in [-0.2, 0) is 6.42 Å². The zero-order valence-electron chi connectivity index (χ0n) is 10.9. The zero-order chi connectivity index (χ0) is 13.8. The molecule has 0 fully saturated rings. The number of thiazole rings is 1. The lowest BCUT2D eigenvalue weighted by atomic mass is 10.1. The van der Waals surface area contributed by atoms with Crippen molar-refractivity contribution in [3.63, 3.8) is 0 Å². The molecule has 0 saturated heterocycles. The molecule has 19 heavy (non-hydrogen) atoms. The van der Waals surface area contributed by atoms with Crippen LogP contribution < -0.4 is 5.32 Å². The first-order chi connectivity index (χ1) is 9.08. The Morgan fingerprint density at radius 1 is 1.37 bits per heavy atom. The number of hydrogen-bond donors (Lipinski definition) is 1. The number of nitrogens with zero attached hydrogens (tertiary/aromatic N) is 1. The molecule has 100 valence electrons. The fourth-order valence-corrected chi connectivity index (χ4v) is 2.65. The highest BCUT2D eigenvalue weighted by Gasteiger charge is 2.13. The van der Waals surface area contributed by atoms with E-state index in [0.717, 1.165) is 9.88 Å². The summed E-state index contributed by atoms with van der Waals surface area (Å²) in [5, 5.41) is 3.64. The summed E-state index contributed by atoms with van der Waals surface area (Å²) in [5.74, 6) is -0.435. The first-order valence-electron chi connectivity index (χ1n) is 6.03. The molecular formula is C14H15FN2OS. The Labute approximate surface area is 115 Å². The van der Waals surface area contributed by atoms with Gasteiger partial charge in [-0.2, -0.15) is 0 Å². The van der Waals surface area contributed by atoms with Gasteiger partial charge in [-0.15, -0.1) is 11.3 Å². The number of rotatable bonds is 4.